The molecule has 0 amide bonds. The van der Waals surface area contributed by atoms with E-state index in [9.17, 15) is 9.59 Å². The fourth-order valence-corrected chi connectivity index (χ4v) is 3.63. The maximum atomic E-state index is 13.1. The third kappa shape index (κ3) is 4.13. The fraction of sp³-hybridized carbons (Fsp3) is 0.154. The van der Waals surface area contributed by atoms with Gasteiger partial charge in [0.2, 0.25) is 0 Å². The Kier molecular flexibility index (Phi) is 5.44. The smallest absolute Gasteiger partial charge is 0.337 e. The van der Waals surface area contributed by atoms with E-state index < -0.39 is 0 Å². The molecular formula is C26H20O7. The molecule has 0 radical (unpaired) electrons. The van der Waals surface area contributed by atoms with Crippen LogP contribution in [0.3, 0.4) is 0 Å². The van der Waals surface area contributed by atoms with Gasteiger partial charge >= 0.3 is 5.97 Å². The number of benzene rings is 3. The van der Waals surface area contributed by atoms with Crippen molar-refractivity contribution in [3.8, 4) is 28.4 Å². The van der Waals surface area contributed by atoms with Gasteiger partial charge in [-0.2, -0.15) is 0 Å². The van der Waals surface area contributed by atoms with Crippen molar-refractivity contribution in [2.75, 3.05) is 20.3 Å². The lowest BCUT2D eigenvalue weighted by atomic mass is 10.0. The average molecular weight is 444 g/mol. The highest BCUT2D eigenvalue weighted by atomic mass is 16.6. The predicted octanol–water partition coefficient (Wildman–Crippen LogP) is 4.60. The van der Waals surface area contributed by atoms with Crippen molar-refractivity contribution in [1.29, 1.82) is 0 Å². The van der Waals surface area contributed by atoms with Crippen LogP contribution in [-0.2, 0) is 11.3 Å². The standard InChI is InChI=1S/C26H20O7/c1-29-26(28)17-4-2-16(3-5-17)14-32-19-7-8-20-23(13-19)33-15-21(25(20)27)18-6-9-22-24(12-18)31-11-10-30-22/h2-9,12-13,15H,10-11,14H2,1H3. The van der Waals surface area contributed by atoms with E-state index in [0.717, 1.165) is 5.56 Å². The first kappa shape index (κ1) is 20.6. The van der Waals surface area contributed by atoms with Crippen molar-refractivity contribution in [3.05, 3.63) is 88.3 Å². The molecule has 5 rings (SSSR count). The van der Waals surface area contributed by atoms with Crippen LogP contribution in [0.2, 0.25) is 0 Å². The number of rotatable bonds is 5. The molecule has 7 nitrogen and oxygen atoms in total. The maximum Gasteiger partial charge on any atom is 0.337 e. The third-order valence-electron chi connectivity index (χ3n) is 5.38. The molecule has 3 aromatic carbocycles. The van der Waals surface area contributed by atoms with Crippen molar-refractivity contribution in [2.24, 2.45) is 0 Å². The van der Waals surface area contributed by atoms with Crippen LogP contribution in [0.1, 0.15) is 15.9 Å². The quantitative estimate of drug-likeness (QED) is 0.416. The van der Waals surface area contributed by atoms with E-state index in [1.807, 2.05) is 6.07 Å². The van der Waals surface area contributed by atoms with Gasteiger partial charge in [0, 0.05) is 6.07 Å². The third-order valence-corrected chi connectivity index (χ3v) is 5.38. The summed E-state index contributed by atoms with van der Waals surface area (Å²) in [6, 6.07) is 17.5. The molecule has 1 aliphatic heterocycles. The Balaban J connectivity index is 1.36. The number of ether oxygens (including phenoxy) is 4. The first-order valence-corrected chi connectivity index (χ1v) is 10.4. The largest absolute Gasteiger partial charge is 0.489 e. The van der Waals surface area contributed by atoms with Crippen molar-refractivity contribution in [3.63, 3.8) is 0 Å². The van der Waals surface area contributed by atoms with Crippen LogP contribution in [0.25, 0.3) is 22.1 Å². The molecule has 0 aliphatic carbocycles. The highest BCUT2D eigenvalue weighted by Gasteiger charge is 2.16. The second kappa shape index (κ2) is 8.70. The van der Waals surface area contributed by atoms with Gasteiger partial charge < -0.3 is 23.4 Å². The van der Waals surface area contributed by atoms with Crippen LogP contribution in [-0.4, -0.2) is 26.3 Å². The molecule has 0 spiro atoms. The zero-order valence-electron chi connectivity index (χ0n) is 17.8. The maximum absolute atomic E-state index is 13.1. The van der Waals surface area contributed by atoms with Crippen LogP contribution < -0.4 is 19.6 Å². The number of esters is 1. The van der Waals surface area contributed by atoms with Crippen LogP contribution in [0.4, 0.5) is 0 Å². The van der Waals surface area contributed by atoms with Crippen molar-refractivity contribution < 1.29 is 28.2 Å². The van der Waals surface area contributed by atoms with Gasteiger partial charge in [-0.25, -0.2) is 4.79 Å². The first-order valence-electron chi connectivity index (χ1n) is 10.4. The molecule has 0 atom stereocenters. The van der Waals surface area contributed by atoms with E-state index in [4.69, 9.17) is 23.4 Å². The van der Waals surface area contributed by atoms with Crippen molar-refractivity contribution >= 4 is 16.9 Å². The minimum Gasteiger partial charge on any atom is -0.489 e. The number of hydrogen-bond donors (Lipinski definition) is 0. The SMILES string of the molecule is COC(=O)c1ccc(COc2ccc3c(=O)c(-c4ccc5c(c4)OCCO5)coc3c2)cc1. The van der Waals surface area contributed by atoms with Crippen molar-refractivity contribution in [2.45, 2.75) is 6.61 Å². The summed E-state index contributed by atoms with van der Waals surface area (Å²) in [6.45, 7) is 1.28. The Hall–Kier alpha value is -4.26. The molecule has 0 N–H and O–H groups in total. The summed E-state index contributed by atoms with van der Waals surface area (Å²) in [6.07, 6.45) is 1.45. The van der Waals surface area contributed by atoms with E-state index in [0.29, 0.717) is 64.7 Å². The van der Waals surface area contributed by atoms with Gasteiger partial charge in [0.25, 0.3) is 0 Å². The van der Waals surface area contributed by atoms with Crippen LogP contribution in [0.15, 0.2) is 76.1 Å². The van der Waals surface area contributed by atoms with Gasteiger partial charge in [-0.15, -0.1) is 0 Å². The Bertz CT molecular complexity index is 1390. The number of carbonyl (C=O) groups is 1. The van der Waals surface area contributed by atoms with E-state index in [2.05, 4.69) is 0 Å². The van der Waals surface area contributed by atoms with Crippen molar-refractivity contribution in [1.82, 2.24) is 0 Å². The van der Waals surface area contributed by atoms with E-state index in [-0.39, 0.29) is 11.4 Å². The average Bonchev–Trinajstić information content (AvgIpc) is 2.87. The number of methoxy groups -OCH3 is 1. The first-order chi connectivity index (χ1) is 16.1. The molecule has 0 saturated heterocycles. The van der Waals surface area contributed by atoms with Gasteiger partial charge in [0.05, 0.1) is 23.6 Å². The monoisotopic (exact) mass is 444 g/mol. The van der Waals surface area contributed by atoms with Crippen LogP contribution in [0.5, 0.6) is 17.2 Å². The molecule has 166 valence electrons. The van der Waals surface area contributed by atoms with E-state index >= 15 is 0 Å². The van der Waals surface area contributed by atoms with E-state index in [1.54, 1.807) is 54.6 Å². The minimum atomic E-state index is -0.386. The Morgan fingerprint density at radius 3 is 2.52 bits per heavy atom. The van der Waals surface area contributed by atoms with Gasteiger partial charge in [0.1, 0.15) is 37.4 Å². The lowest BCUT2D eigenvalue weighted by molar-refractivity contribution is 0.0600. The molecule has 33 heavy (non-hydrogen) atoms. The number of carbonyl (C=O) groups excluding carboxylic acids is 1. The lowest BCUT2D eigenvalue weighted by Crippen LogP contribution is -2.15. The molecule has 7 heteroatoms. The second-order valence-electron chi connectivity index (χ2n) is 7.47. The normalized spacial score (nSPS) is 12.4. The zero-order valence-corrected chi connectivity index (χ0v) is 17.8. The van der Waals surface area contributed by atoms with Gasteiger partial charge in [-0.3, -0.25) is 4.79 Å². The number of hydrogen-bond acceptors (Lipinski definition) is 7. The minimum absolute atomic E-state index is 0.141. The summed E-state index contributed by atoms with van der Waals surface area (Å²) < 4.78 is 27.5. The summed E-state index contributed by atoms with van der Waals surface area (Å²) in [5, 5.41) is 0.456. The topological polar surface area (TPSA) is 84.2 Å². The lowest BCUT2D eigenvalue weighted by Gasteiger charge is -2.18. The summed E-state index contributed by atoms with van der Waals surface area (Å²) in [4.78, 5) is 24.6. The number of fused-ring (bicyclic) bond motifs is 2. The Morgan fingerprint density at radius 1 is 0.939 bits per heavy atom. The van der Waals surface area contributed by atoms with E-state index in [1.165, 1.54) is 13.4 Å². The Morgan fingerprint density at radius 2 is 1.73 bits per heavy atom. The van der Waals surface area contributed by atoms with Crippen LogP contribution >= 0.6 is 0 Å². The summed E-state index contributed by atoms with van der Waals surface area (Å²) in [5.41, 5.74) is 2.79. The summed E-state index contributed by atoms with van der Waals surface area (Å²) in [5.74, 6) is 1.45. The molecule has 2 heterocycles. The summed E-state index contributed by atoms with van der Waals surface area (Å²) >= 11 is 0. The Labute approximate surface area is 189 Å². The molecule has 1 aliphatic rings. The van der Waals surface area contributed by atoms with Crippen LogP contribution in [0, 0.1) is 0 Å². The summed E-state index contributed by atoms with van der Waals surface area (Å²) in [7, 11) is 1.34. The van der Waals surface area contributed by atoms with Gasteiger partial charge in [0.15, 0.2) is 16.9 Å². The van der Waals surface area contributed by atoms with Gasteiger partial charge in [-0.05, 0) is 47.5 Å². The molecular weight excluding hydrogens is 424 g/mol. The zero-order chi connectivity index (χ0) is 22.8. The predicted molar refractivity (Wildman–Crippen MR) is 121 cm³/mol. The molecule has 0 saturated carbocycles. The van der Waals surface area contributed by atoms with Gasteiger partial charge in [-0.1, -0.05) is 18.2 Å². The second-order valence-corrected chi connectivity index (χ2v) is 7.47. The highest BCUT2D eigenvalue weighted by molar-refractivity contribution is 5.89. The molecule has 1 aromatic heterocycles. The molecule has 0 unspecified atom stereocenters. The fourth-order valence-electron chi connectivity index (χ4n) is 3.63. The molecule has 0 fully saturated rings. The highest BCUT2D eigenvalue weighted by Crippen LogP contribution is 2.34. The molecule has 4 aromatic rings. The molecule has 0 bridgehead atoms.